The van der Waals surface area contributed by atoms with Crippen molar-refractivity contribution in [3.8, 4) is 0 Å². The lowest BCUT2D eigenvalue weighted by molar-refractivity contribution is 0.123. The molecule has 0 amide bonds. The van der Waals surface area contributed by atoms with Gasteiger partial charge in [-0.15, -0.1) is 0 Å². The first kappa shape index (κ1) is 12.2. The molecule has 0 aromatic heterocycles. The fourth-order valence-corrected chi connectivity index (χ4v) is 2.75. The zero-order valence-electron chi connectivity index (χ0n) is 11.4. The van der Waals surface area contributed by atoms with Crippen LogP contribution in [0.5, 0.6) is 0 Å². The summed E-state index contributed by atoms with van der Waals surface area (Å²) in [4.78, 5) is 5.25. The molecule has 1 heterocycles. The van der Waals surface area contributed by atoms with E-state index >= 15 is 0 Å². The highest BCUT2D eigenvalue weighted by molar-refractivity contribution is 5.21. The Morgan fingerprint density at radius 2 is 1.56 bits per heavy atom. The van der Waals surface area contributed by atoms with E-state index in [1.165, 1.54) is 56.7 Å². The molecule has 2 aliphatic rings. The van der Waals surface area contributed by atoms with Crippen molar-refractivity contribution in [1.29, 1.82) is 0 Å². The summed E-state index contributed by atoms with van der Waals surface area (Å²) < 4.78 is 0. The standard InChI is InChI=1S/C16H24N2/c1-14-2-4-15(5-3-14)12-17-8-10-18(11-9-17)13-16-6-7-16/h2-5,16H,6-13H2,1H3. The van der Waals surface area contributed by atoms with Gasteiger partial charge < -0.3 is 4.90 Å². The van der Waals surface area contributed by atoms with Gasteiger partial charge in [-0.05, 0) is 31.2 Å². The van der Waals surface area contributed by atoms with E-state index in [-0.39, 0.29) is 0 Å². The Kier molecular flexibility index (Phi) is 3.67. The Bertz CT molecular complexity index is 373. The van der Waals surface area contributed by atoms with Crippen LogP contribution in [0.1, 0.15) is 24.0 Å². The molecule has 3 rings (SSSR count). The van der Waals surface area contributed by atoms with Crippen LogP contribution in [0.25, 0.3) is 0 Å². The molecule has 1 aliphatic carbocycles. The van der Waals surface area contributed by atoms with Gasteiger partial charge in [0, 0.05) is 39.3 Å². The Balaban J connectivity index is 1.45. The maximum atomic E-state index is 2.66. The number of piperazine rings is 1. The van der Waals surface area contributed by atoms with E-state index in [0.717, 1.165) is 12.5 Å². The molecular formula is C16H24N2. The van der Waals surface area contributed by atoms with Crippen LogP contribution in [0.2, 0.25) is 0 Å². The molecular weight excluding hydrogens is 220 g/mol. The van der Waals surface area contributed by atoms with E-state index < -0.39 is 0 Å². The molecule has 0 radical (unpaired) electrons. The second-order valence-electron chi connectivity index (χ2n) is 6.01. The summed E-state index contributed by atoms with van der Waals surface area (Å²) >= 11 is 0. The van der Waals surface area contributed by atoms with Gasteiger partial charge in [0.15, 0.2) is 0 Å². The molecule has 0 atom stereocenters. The number of hydrogen-bond acceptors (Lipinski definition) is 2. The zero-order chi connectivity index (χ0) is 12.4. The van der Waals surface area contributed by atoms with E-state index in [4.69, 9.17) is 0 Å². The van der Waals surface area contributed by atoms with Gasteiger partial charge in [0.2, 0.25) is 0 Å². The normalized spacial score (nSPS) is 22.3. The molecule has 18 heavy (non-hydrogen) atoms. The van der Waals surface area contributed by atoms with Crippen LogP contribution < -0.4 is 0 Å². The predicted molar refractivity (Wildman–Crippen MR) is 75.6 cm³/mol. The first-order valence-corrected chi connectivity index (χ1v) is 7.30. The fraction of sp³-hybridized carbons (Fsp3) is 0.625. The number of aryl methyl sites for hydroxylation is 1. The summed E-state index contributed by atoms with van der Waals surface area (Å²) in [5.41, 5.74) is 2.81. The minimum absolute atomic E-state index is 1.04. The highest BCUT2D eigenvalue weighted by Gasteiger charge is 2.26. The molecule has 0 N–H and O–H groups in total. The van der Waals surface area contributed by atoms with Gasteiger partial charge in [-0.1, -0.05) is 29.8 Å². The van der Waals surface area contributed by atoms with Crippen molar-refractivity contribution in [2.75, 3.05) is 32.7 Å². The summed E-state index contributed by atoms with van der Waals surface area (Å²) in [7, 11) is 0. The van der Waals surface area contributed by atoms with Gasteiger partial charge in [0.1, 0.15) is 0 Å². The van der Waals surface area contributed by atoms with Crippen LogP contribution in [-0.4, -0.2) is 42.5 Å². The first-order valence-electron chi connectivity index (χ1n) is 7.30. The number of hydrogen-bond donors (Lipinski definition) is 0. The lowest BCUT2D eigenvalue weighted by Crippen LogP contribution is -2.46. The minimum atomic E-state index is 1.04. The lowest BCUT2D eigenvalue weighted by atomic mass is 10.1. The number of nitrogens with zero attached hydrogens (tertiary/aromatic N) is 2. The maximum Gasteiger partial charge on any atom is 0.0234 e. The van der Waals surface area contributed by atoms with Crippen LogP contribution >= 0.6 is 0 Å². The lowest BCUT2D eigenvalue weighted by Gasteiger charge is -2.34. The monoisotopic (exact) mass is 244 g/mol. The van der Waals surface area contributed by atoms with Gasteiger partial charge in [-0.2, -0.15) is 0 Å². The van der Waals surface area contributed by atoms with E-state index in [1.807, 2.05) is 0 Å². The summed E-state index contributed by atoms with van der Waals surface area (Å²) in [6, 6.07) is 8.98. The van der Waals surface area contributed by atoms with Gasteiger partial charge >= 0.3 is 0 Å². The zero-order valence-corrected chi connectivity index (χ0v) is 11.4. The molecule has 1 aromatic rings. The number of benzene rings is 1. The van der Waals surface area contributed by atoms with Crippen molar-refractivity contribution in [3.63, 3.8) is 0 Å². The molecule has 98 valence electrons. The van der Waals surface area contributed by atoms with Gasteiger partial charge in [-0.3, -0.25) is 4.90 Å². The van der Waals surface area contributed by atoms with Gasteiger partial charge in [-0.25, -0.2) is 0 Å². The summed E-state index contributed by atoms with van der Waals surface area (Å²) in [6.45, 7) is 9.64. The smallest absolute Gasteiger partial charge is 0.0234 e. The first-order chi connectivity index (χ1) is 8.79. The molecule has 1 aliphatic heterocycles. The third-order valence-electron chi connectivity index (χ3n) is 4.21. The quantitative estimate of drug-likeness (QED) is 0.803. The van der Waals surface area contributed by atoms with Crippen LogP contribution in [0, 0.1) is 12.8 Å². The maximum absolute atomic E-state index is 2.66. The molecule has 0 bridgehead atoms. The molecule has 1 saturated carbocycles. The van der Waals surface area contributed by atoms with Crippen molar-refractivity contribution < 1.29 is 0 Å². The van der Waals surface area contributed by atoms with E-state index in [9.17, 15) is 0 Å². The third-order valence-corrected chi connectivity index (χ3v) is 4.21. The number of rotatable bonds is 4. The Morgan fingerprint density at radius 3 is 2.17 bits per heavy atom. The average molecular weight is 244 g/mol. The molecule has 2 heteroatoms. The van der Waals surface area contributed by atoms with Crippen LogP contribution in [0.3, 0.4) is 0 Å². The third kappa shape index (κ3) is 3.33. The Morgan fingerprint density at radius 1 is 0.944 bits per heavy atom. The van der Waals surface area contributed by atoms with Crippen molar-refractivity contribution >= 4 is 0 Å². The molecule has 1 aromatic carbocycles. The minimum Gasteiger partial charge on any atom is -0.301 e. The molecule has 0 spiro atoms. The molecule has 2 fully saturated rings. The summed E-state index contributed by atoms with van der Waals surface area (Å²) in [5.74, 6) is 1.04. The van der Waals surface area contributed by atoms with Gasteiger partial charge in [0.05, 0.1) is 0 Å². The molecule has 1 saturated heterocycles. The topological polar surface area (TPSA) is 6.48 Å². The van der Waals surface area contributed by atoms with E-state index in [0.29, 0.717) is 0 Å². The van der Waals surface area contributed by atoms with Crippen LogP contribution in [0.15, 0.2) is 24.3 Å². The Hall–Kier alpha value is -0.860. The molecule has 0 unspecified atom stereocenters. The highest BCUT2D eigenvalue weighted by Crippen LogP contribution is 2.29. The predicted octanol–water partition coefficient (Wildman–Crippen LogP) is 2.52. The average Bonchev–Trinajstić information content (AvgIpc) is 3.19. The van der Waals surface area contributed by atoms with Crippen LogP contribution in [-0.2, 0) is 6.54 Å². The second kappa shape index (κ2) is 5.41. The van der Waals surface area contributed by atoms with Crippen LogP contribution in [0.4, 0.5) is 0 Å². The fourth-order valence-electron chi connectivity index (χ4n) is 2.75. The van der Waals surface area contributed by atoms with E-state index in [2.05, 4.69) is 41.0 Å². The second-order valence-corrected chi connectivity index (χ2v) is 6.01. The van der Waals surface area contributed by atoms with E-state index in [1.54, 1.807) is 0 Å². The largest absolute Gasteiger partial charge is 0.301 e. The SMILES string of the molecule is Cc1ccc(CN2CCN(CC3CC3)CC2)cc1. The van der Waals surface area contributed by atoms with Crippen molar-refractivity contribution in [3.05, 3.63) is 35.4 Å². The summed E-state index contributed by atoms with van der Waals surface area (Å²) in [5, 5.41) is 0. The van der Waals surface area contributed by atoms with Gasteiger partial charge in [0.25, 0.3) is 0 Å². The Labute approximate surface area is 111 Å². The van der Waals surface area contributed by atoms with Crippen molar-refractivity contribution in [2.24, 2.45) is 5.92 Å². The summed E-state index contributed by atoms with van der Waals surface area (Å²) in [6.07, 6.45) is 2.95. The van der Waals surface area contributed by atoms with Crippen molar-refractivity contribution in [1.82, 2.24) is 9.80 Å². The molecule has 2 nitrogen and oxygen atoms in total. The van der Waals surface area contributed by atoms with Crippen molar-refractivity contribution in [2.45, 2.75) is 26.3 Å². The highest BCUT2D eigenvalue weighted by atomic mass is 15.3.